The van der Waals surface area contributed by atoms with Gasteiger partial charge < -0.3 is 90.8 Å². The Morgan fingerprint density at radius 1 is 0.403 bits per heavy atom. The average Bonchev–Trinajstić information content (AvgIpc) is 3.90. The van der Waals surface area contributed by atoms with Crippen molar-refractivity contribution in [3.63, 3.8) is 0 Å². The molecule has 0 fully saturated rings. The van der Waals surface area contributed by atoms with E-state index in [1.165, 1.54) is 23.0 Å². The van der Waals surface area contributed by atoms with E-state index in [1.54, 1.807) is 48.6 Å². The Balaban J connectivity index is 1.25. The molecule has 2 radical (unpaired) electrons. The van der Waals surface area contributed by atoms with Crippen LogP contribution in [0.15, 0.2) is 72.8 Å². The third-order valence-electron chi connectivity index (χ3n) is 15.0. The van der Waals surface area contributed by atoms with Gasteiger partial charge in [-0.05, 0) is 61.5 Å². The lowest BCUT2D eigenvalue weighted by molar-refractivity contribution is 0.369. The predicted molar refractivity (Wildman–Crippen MR) is 290 cm³/mol. The minimum atomic E-state index is -1.32. The summed E-state index contributed by atoms with van der Waals surface area (Å²) in [5.41, 5.74) is -3.76. The Bertz CT molecular complexity index is 4850. The summed E-state index contributed by atoms with van der Waals surface area (Å²) in [4.78, 5) is 0. The van der Waals surface area contributed by atoms with Gasteiger partial charge in [0.05, 0.1) is 53.2 Å². The Hall–Kier alpha value is -10.3. The summed E-state index contributed by atoms with van der Waals surface area (Å²) in [6.07, 6.45) is 6.34. The normalized spacial score (nSPS) is 13.1. The van der Waals surface area contributed by atoms with E-state index in [0.717, 1.165) is 9.96 Å². The Morgan fingerprint density at radius 3 is 1.58 bits per heavy atom. The third kappa shape index (κ3) is 5.53. The van der Waals surface area contributed by atoms with Crippen LogP contribution in [-0.4, -0.2) is 103 Å². The zero-order valence-corrected chi connectivity index (χ0v) is 40.6. The fourth-order valence-corrected chi connectivity index (χ4v) is 12.7. The standard InChI is InChI=1S/C56H38BN3O16S/c1-17-23-25-35(59(32(23)50(72)52(74)41(17)63)22-15-9-12-20(16-22)19-10-5-3-6-11-19)48(70)45(67)29(42(25)64)30-43(65)26-27-38-56(47(69)31(57)44(27)66)77-55-28-24-33(39(61)18(2)40(62)34(24)60(38)36(26)49(71)46(30)68)58(21-13-7-4-8-14-21)37(28)51(73)53(75)54(55)76/h3,5-7,9-16,61-76H,4,8H2,1-2H3. The molecule has 0 saturated carbocycles. The van der Waals surface area contributed by atoms with E-state index in [0.29, 0.717) is 35.4 Å². The first-order valence-corrected chi connectivity index (χ1v) is 24.3. The maximum absolute atomic E-state index is 12.9. The number of phenols is 16. The molecule has 77 heavy (non-hydrogen) atoms. The molecule has 0 amide bonds. The topological polar surface area (TPSA) is 338 Å². The van der Waals surface area contributed by atoms with Crippen LogP contribution in [-0.2, 0) is 0 Å². The van der Waals surface area contributed by atoms with Gasteiger partial charge in [-0.25, -0.2) is 0 Å². The van der Waals surface area contributed by atoms with Crippen LogP contribution in [0.25, 0.3) is 114 Å². The second-order valence-electron chi connectivity index (χ2n) is 19.0. The molecule has 0 unspecified atom stereocenters. The van der Waals surface area contributed by atoms with E-state index in [1.807, 2.05) is 24.3 Å². The highest BCUT2D eigenvalue weighted by atomic mass is 32.1. The number of rotatable bonds is 4. The quantitative estimate of drug-likeness (QED) is 0.0443. The number of nitrogens with zero attached hydrogens (tertiary/aromatic N) is 3. The highest BCUT2D eigenvalue weighted by molar-refractivity contribution is 7.25. The van der Waals surface area contributed by atoms with Crippen LogP contribution in [0.5, 0.6) is 92.0 Å². The molecule has 1 aliphatic rings. The molecule has 0 spiro atoms. The SMILES string of the molecule is [B]c1c(O)c2sc3c(O)c(O)c(O)c4c3c3c(c(O)c(C)c(O)c3n3c5c(O)c(O)c(-c6c(O)c(O)c7c(c6O)c6c(C)c(O)c(O)c(O)c6n7-c6cccc(-c7ccccc7)c6)c(O)c5c(c1O)c23)n4C1=CCCC=C1. The van der Waals surface area contributed by atoms with Crippen molar-refractivity contribution in [3.05, 3.63) is 84.0 Å². The van der Waals surface area contributed by atoms with E-state index in [4.69, 9.17) is 7.85 Å². The smallest absolute Gasteiger partial charge is 0.204 e. The number of aromatic nitrogens is 3. The zero-order valence-electron chi connectivity index (χ0n) is 39.8. The molecule has 0 atom stereocenters. The van der Waals surface area contributed by atoms with Gasteiger partial charge >= 0.3 is 0 Å². The van der Waals surface area contributed by atoms with Crippen LogP contribution < -0.4 is 5.46 Å². The second-order valence-corrected chi connectivity index (χ2v) is 20.0. The summed E-state index contributed by atoms with van der Waals surface area (Å²) < 4.78 is 2.92. The lowest BCUT2D eigenvalue weighted by Crippen LogP contribution is -2.04. The number of aryl methyl sites for hydroxylation is 1. The van der Waals surface area contributed by atoms with Gasteiger partial charge in [-0.2, -0.15) is 0 Å². The molecule has 12 aromatic rings. The molecule has 4 heterocycles. The van der Waals surface area contributed by atoms with Crippen LogP contribution in [0.2, 0.25) is 0 Å². The van der Waals surface area contributed by atoms with E-state index in [2.05, 4.69) is 0 Å². The highest BCUT2D eigenvalue weighted by Crippen LogP contribution is 2.64. The number of hydrogen-bond acceptors (Lipinski definition) is 17. The van der Waals surface area contributed by atoms with Crippen molar-refractivity contribution in [1.82, 2.24) is 13.5 Å². The number of hydrogen-bond donors (Lipinski definition) is 16. The molecule has 21 heteroatoms. The Kier molecular flexibility index (Phi) is 9.30. The molecule has 13 rings (SSSR count). The van der Waals surface area contributed by atoms with E-state index in [-0.39, 0.29) is 58.9 Å². The van der Waals surface area contributed by atoms with Gasteiger partial charge in [0.1, 0.15) is 64.4 Å². The van der Waals surface area contributed by atoms with Gasteiger partial charge in [0.25, 0.3) is 0 Å². The Morgan fingerprint density at radius 2 is 0.935 bits per heavy atom. The molecule has 16 N–H and O–H groups in total. The second kappa shape index (κ2) is 15.4. The van der Waals surface area contributed by atoms with Gasteiger partial charge in [0, 0.05) is 38.7 Å². The maximum atomic E-state index is 12.9. The molecule has 0 aliphatic heterocycles. The monoisotopic (exact) mass is 1050 g/mol. The van der Waals surface area contributed by atoms with E-state index < -0.39 is 147 Å². The number of fused-ring (bicyclic) bond motifs is 7. The lowest BCUT2D eigenvalue weighted by Gasteiger charge is -2.17. The van der Waals surface area contributed by atoms with Crippen molar-refractivity contribution in [2.45, 2.75) is 26.7 Å². The van der Waals surface area contributed by atoms with Crippen molar-refractivity contribution in [2.75, 3.05) is 0 Å². The van der Waals surface area contributed by atoms with Gasteiger partial charge in [0.15, 0.2) is 46.0 Å². The number of benzene rings is 8. The fraction of sp³-hybridized carbons (Fsp3) is 0.0714. The van der Waals surface area contributed by atoms with Gasteiger partial charge in [0.2, 0.25) is 11.5 Å². The number of allylic oxidation sites excluding steroid dienone is 4. The first-order chi connectivity index (χ1) is 36.7. The minimum Gasteiger partial charge on any atom is -0.508 e. The van der Waals surface area contributed by atoms with Gasteiger partial charge in [-0.3, -0.25) is 4.40 Å². The third-order valence-corrected chi connectivity index (χ3v) is 16.2. The fourth-order valence-electron chi connectivity index (χ4n) is 11.5. The van der Waals surface area contributed by atoms with Crippen LogP contribution >= 0.6 is 11.3 Å². The summed E-state index contributed by atoms with van der Waals surface area (Å²) in [5, 5.41) is 191. The molecule has 0 saturated heterocycles. The minimum absolute atomic E-state index is 0.137. The highest BCUT2D eigenvalue weighted by Gasteiger charge is 2.38. The summed E-state index contributed by atoms with van der Waals surface area (Å²) in [6, 6.07) is 15.7. The molecule has 4 aromatic heterocycles. The van der Waals surface area contributed by atoms with Crippen molar-refractivity contribution < 1.29 is 81.7 Å². The van der Waals surface area contributed by atoms with Crippen LogP contribution in [0, 0.1) is 13.8 Å². The van der Waals surface area contributed by atoms with Crippen molar-refractivity contribution in [1.29, 1.82) is 0 Å². The molecule has 19 nitrogen and oxygen atoms in total. The first kappa shape index (κ1) is 46.5. The Labute approximate surface area is 434 Å². The zero-order chi connectivity index (χ0) is 54.4. The maximum Gasteiger partial charge on any atom is 0.204 e. The van der Waals surface area contributed by atoms with Crippen molar-refractivity contribution in [2.24, 2.45) is 0 Å². The molecule has 0 bridgehead atoms. The number of phenolic OH excluding ortho intramolecular Hbond substituents is 16. The largest absolute Gasteiger partial charge is 0.508 e. The average molecular weight is 1050 g/mol. The van der Waals surface area contributed by atoms with Crippen LogP contribution in [0.1, 0.15) is 24.0 Å². The lowest BCUT2D eigenvalue weighted by atomic mass is 9.90. The number of aromatic hydroxyl groups is 16. The van der Waals surface area contributed by atoms with Crippen molar-refractivity contribution in [3.8, 4) is 120 Å². The first-order valence-electron chi connectivity index (χ1n) is 23.5. The molecule has 8 aromatic carbocycles. The van der Waals surface area contributed by atoms with E-state index in [9.17, 15) is 81.7 Å². The van der Waals surface area contributed by atoms with E-state index >= 15 is 0 Å². The van der Waals surface area contributed by atoms with Crippen molar-refractivity contribution >= 4 is 111 Å². The molecular weight excluding hydrogens is 1010 g/mol. The summed E-state index contributed by atoms with van der Waals surface area (Å²) in [7, 11) is 6.42. The molecular formula is C56H38BN3O16S. The molecule has 382 valence electrons. The molecule has 1 aliphatic carbocycles. The summed E-state index contributed by atoms with van der Waals surface area (Å²) in [5.74, 6) is -15.8. The van der Waals surface area contributed by atoms with Crippen LogP contribution in [0.4, 0.5) is 0 Å². The van der Waals surface area contributed by atoms with Gasteiger partial charge in [-0.1, -0.05) is 54.6 Å². The summed E-state index contributed by atoms with van der Waals surface area (Å²) in [6.45, 7) is 2.64. The van der Waals surface area contributed by atoms with Gasteiger partial charge in [-0.15, -0.1) is 11.3 Å². The van der Waals surface area contributed by atoms with Crippen LogP contribution in [0.3, 0.4) is 0 Å². The summed E-state index contributed by atoms with van der Waals surface area (Å²) >= 11 is 0.519. The predicted octanol–water partition coefficient (Wildman–Crippen LogP) is 9.89.